The third-order valence-electron chi connectivity index (χ3n) is 4.56. The summed E-state index contributed by atoms with van der Waals surface area (Å²) in [5.74, 6) is 1.98. The van der Waals surface area contributed by atoms with Gasteiger partial charge in [-0.3, -0.25) is 4.79 Å². The molecule has 2 aromatic rings. The second kappa shape index (κ2) is 6.48. The predicted octanol–water partition coefficient (Wildman–Crippen LogP) is 3.50. The second-order valence-corrected chi connectivity index (χ2v) is 6.74. The van der Waals surface area contributed by atoms with E-state index in [-0.39, 0.29) is 24.7 Å². The highest BCUT2D eigenvalue weighted by Gasteiger charge is 2.27. The highest BCUT2D eigenvalue weighted by atomic mass is 35.5. The largest absolute Gasteiger partial charge is 0.492 e. The standard InChI is InChI=1S/C19H18ClNO4/c1-11(12-2-4-17-18(8-12)25-10-24-17)21-19(22)14-6-13-7-15(20)3-5-16(13)23-9-14/h2-5,7-8,11,14H,6,9-10H2,1H3,(H,21,22)/t11-,14+/m1/s1. The van der Waals surface area contributed by atoms with Crippen LogP contribution in [0.1, 0.15) is 24.1 Å². The van der Waals surface area contributed by atoms with Gasteiger partial charge in [-0.05, 0) is 54.8 Å². The Hall–Kier alpha value is -2.40. The topological polar surface area (TPSA) is 56.8 Å². The Morgan fingerprint density at radius 1 is 1.12 bits per heavy atom. The van der Waals surface area contributed by atoms with Gasteiger partial charge in [-0.2, -0.15) is 0 Å². The van der Waals surface area contributed by atoms with Crippen LogP contribution in [-0.4, -0.2) is 19.3 Å². The molecular formula is C19H18ClNO4. The molecule has 0 spiro atoms. The summed E-state index contributed by atoms with van der Waals surface area (Å²) in [6.07, 6.45) is 0.621. The van der Waals surface area contributed by atoms with Crippen molar-refractivity contribution in [1.82, 2.24) is 5.32 Å². The van der Waals surface area contributed by atoms with Crippen molar-refractivity contribution < 1.29 is 19.0 Å². The van der Waals surface area contributed by atoms with Gasteiger partial charge in [-0.25, -0.2) is 0 Å². The minimum Gasteiger partial charge on any atom is -0.492 e. The summed E-state index contributed by atoms with van der Waals surface area (Å²) in [5.41, 5.74) is 1.94. The monoisotopic (exact) mass is 359 g/mol. The van der Waals surface area contributed by atoms with Crippen molar-refractivity contribution in [2.75, 3.05) is 13.4 Å². The number of carbonyl (C=O) groups is 1. The number of rotatable bonds is 3. The Kier molecular flexibility index (Phi) is 4.17. The summed E-state index contributed by atoms with van der Waals surface area (Å²) >= 11 is 6.04. The Morgan fingerprint density at radius 3 is 2.80 bits per heavy atom. The highest BCUT2D eigenvalue weighted by molar-refractivity contribution is 6.30. The molecule has 0 aromatic heterocycles. The molecule has 0 radical (unpaired) electrons. The number of ether oxygens (including phenoxy) is 3. The Bertz CT molecular complexity index is 823. The molecule has 1 amide bonds. The van der Waals surface area contributed by atoms with Gasteiger partial charge in [-0.1, -0.05) is 17.7 Å². The lowest BCUT2D eigenvalue weighted by molar-refractivity contribution is -0.126. The maximum Gasteiger partial charge on any atom is 0.231 e. The first kappa shape index (κ1) is 16.1. The first-order valence-corrected chi connectivity index (χ1v) is 8.59. The van der Waals surface area contributed by atoms with Crippen molar-refractivity contribution in [2.45, 2.75) is 19.4 Å². The van der Waals surface area contributed by atoms with Gasteiger partial charge in [-0.15, -0.1) is 0 Å². The number of hydrogen-bond donors (Lipinski definition) is 1. The quantitative estimate of drug-likeness (QED) is 0.911. The van der Waals surface area contributed by atoms with Crippen molar-refractivity contribution in [3.05, 3.63) is 52.5 Å². The van der Waals surface area contributed by atoms with E-state index in [1.807, 2.05) is 37.3 Å². The minimum absolute atomic E-state index is 0.0317. The normalized spacial score (nSPS) is 18.9. The zero-order valence-electron chi connectivity index (χ0n) is 13.8. The third-order valence-corrected chi connectivity index (χ3v) is 4.79. The lowest BCUT2D eigenvalue weighted by atomic mass is 9.95. The van der Waals surface area contributed by atoms with Crippen molar-refractivity contribution in [1.29, 1.82) is 0 Å². The molecule has 0 saturated carbocycles. The number of amides is 1. The molecule has 6 heteroatoms. The number of nitrogens with one attached hydrogen (secondary N) is 1. The Balaban J connectivity index is 1.43. The Labute approximate surface area is 150 Å². The van der Waals surface area contributed by atoms with E-state index in [1.54, 1.807) is 6.07 Å². The van der Waals surface area contributed by atoms with E-state index in [2.05, 4.69) is 5.32 Å². The average Bonchev–Trinajstić information content (AvgIpc) is 3.08. The molecule has 5 nitrogen and oxygen atoms in total. The number of hydrogen-bond acceptors (Lipinski definition) is 4. The molecule has 25 heavy (non-hydrogen) atoms. The van der Waals surface area contributed by atoms with Crippen LogP contribution < -0.4 is 19.5 Å². The highest BCUT2D eigenvalue weighted by Crippen LogP contribution is 2.34. The zero-order chi connectivity index (χ0) is 17.4. The maximum atomic E-state index is 12.6. The number of benzene rings is 2. The average molecular weight is 360 g/mol. The van der Waals surface area contributed by atoms with Crippen LogP contribution in [0.3, 0.4) is 0 Å². The predicted molar refractivity (Wildman–Crippen MR) is 93.3 cm³/mol. The van der Waals surface area contributed by atoms with Crippen molar-refractivity contribution >= 4 is 17.5 Å². The van der Waals surface area contributed by atoms with Crippen LogP contribution in [-0.2, 0) is 11.2 Å². The first-order valence-electron chi connectivity index (χ1n) is 8.21. The molecule has 2 aliphatic rings. The van der Waals surface area contributed by atoms with E-state index >= 15 is 0 Å². The van der Waals surface area contributed by atoms with Crippen molar-refractivity contribution in [3.63, 3.8) is 0 Å². The molecule has 0 bridgehead atoms. The van der Waals surface area contributed by atoms with Crippen LogP contribution in [0.2, 0.25) is 5.02 Å². The van der Waals surface area contributed by atoms with Crippen LogP contribution in [0.4, 0.5) is 0 Å². The zero-order valence-corrected chi connectivity index (χ0v) is 14.5. The lowest BCUT2D eigenvalue weighted by Gasteiger charge is -2.26. The van der Waals surface area contributed by atoms with Crippen LogP contribution >= 0.6 is 11.6 Å². The lowest BCUT2D eigenvalue weighted by Crippen LogP contribution is -2.38. The molecule has 2 aromatic carbocycles. The molecule has 0 saturated heterocycles. The molecule has 0 unspecified atom stereocenters. The van der Waals surface area contributed by atoms with Gasteiger partial charge in [0, 0.05) is 5.02 Å². The van der Waals surface area contributed by atoms with Crippen molar-refractivity contribution in [2.24, 2.45) is 5.92 Å². The summed E-state index contributed by atoms with van der Waals surface area (Å²) in [5, 5.41) is 3.70. The van der Waals surface area contributed by atoms with Crippen molar-refractivity contribution in [3.8, 4) is 17.2 Å². The van der Waals surface area contributed by atoms with Gasteiger partial charge in [0.2, 0.25) is 12.7 Å². The fourth-order valence-corrected chi connectivity index (χ4v) is 3.32. The fourth-order valence-electron chi connectivity index (χ4n) is 3.13. The summed E-state index contributed by atoms with van der Waals surface area (Å²) in [6.45, 7) is 2.55. The molecule has 130 valence electrons. The molecule has 0 fully saturated rings. The SMILES string of the molecule is C[C@@H](NC(=O)[C@@H]1COc2ccc(Cl)cc2C1)c1ccc2c(c1)OCO2. The first-order chi connectivity index (χ1) is 12.1. The molecule has 0 aliphatic carbocycles. The number of halogens is 1. The molecule has 1 N–H and O–H groups in total. The van der Waals surface area contributed by atoms with E-state index in [0.717, 1.165) is 22.6 Å². The van der Waals surface area contributed by atoms with Crippen LogP contribution in [0.25, 0.3) is 0 Å². The van der Waals surface area contributed by atoms with E-state index < -0.39 is 0 Å². The van der Waals surface area contributed by atoms with E-state index in [9.17, 15) is 4.79 Å². The summed E-state index contributed by atoms with van der Waals surface area (Å²) in [6, 6.07) is 11.1. The van der Waals surface area contributed by atoms with Gasteiger partial charge in [0.15, 0.2) is 11.5 Å². The smallest absolute Gasteiger partial charge is 0.231 e. The molecule has 2 atom stereocenters. The van der Waals surface area contributed by atoms with Crippen LogP contribution in [0, 0.1) is 5.92 Å². The van der Waals surface area contributed by atoms with Crippen LogP contribution in [0.15, 0.2) is 36.4 Å². The third kappa shape index (κ3) is 3.24. The summed E-state index contributed by atoms with van der Waals surface area (Å²) in [7, 11) is 0. The summed E-state index contributed by atoms with van der Waals surface area (Å²) < 4.78 is 16.4. The summed E-state index contributed by atoms with van der Waals surface area (Å²) in [4.78, 5) is 12.6. The maximum absolute atomic E-state index is 12.6. The molecule has 4 rings (SSSR count). The van der Waals surface area contributed by atoms with Gasteiger partial charge in [0.25, 0.3) is 0 Å². The van der Waals surface area contributed by atoms with Gasteiger partial charge >= 0.3 is 0 Å². The fraction of sp³-hybridized carbons (Fsp3) is 0.316. The van der Waals surface area contributed by atoms with Gasteiger partial charge < -0.3 is 19.5 Å². The second-order valence-electron chi connectivity index (χ2n) is 6.31. The number of fused-ring (bicyclic) bond motifs is 2. The van der Waals surface area contributed by atoms with Gasteiger partial charge in [0.1, 0.15) is 12.4 Å². The molecular weight excluding hydrogens is 342 g/mol. The van der Waals surface area contributed by atoms with E-state index in [0.29, 0.717) is 23.8 Å². The number of carbonyl (C=O) groups excluding carboxylic acids is 1. The molecule has 2 heterocycles. The molecule has 2 aliphatic heterocycles. The van der Waals surface area contributed by atoms with E-state index in [4.69, 9.17) is 25.8 Å². The van der Waals surface area contributed by atoms with E-state index in [1.165, 1.54) is 0 Å². The van der Waals surface area contributed by atoms with Crippen LogP contribution in [0.5, 0.6) is 17.2 Å². The van der Waals surface area contributed by atoms with Gasteiger partial charge in [0.05, 0.1) is 12.0 Å². The minimum atomic E-state index is -0.234. The Morgan fingerprint density at radius 2 is 1.92 bits per heavy atom.